The fraction of sp³-hybridized carbons (Fsp3) is 0.366. The van der Waals surface area contributed by atoms with Gasteiger partial charge in [-0.15, -0.1) is 0 Å². The lowest BCUT2D eigenvalue weighted by Crippen LogP contribution is -2.65. The minimum Gasteiger partial charge on any atom is -0.508 e. The maximum absolute atomic E-state index is 16.4. The molecule has 6 aromatic carbocycles. The van der Waals surface area contributed by atoms with E-state index in [9.17, 15) is 69.9 Å². The van der Waals surface area contributed by atoms with Crippen molar-refractivity contribution in [2.24, 2.45) is 11.7 Å². The third-order valence-corrected chi connectivity index (χ3v) is 22.2. The zero-order chi connectivity index (χ0) is 91.2. The number of nitrogens with two attached hydrogens (primary N) is 1. The molecule has 7 aliphatic rings. The third kappa shape index (κ3) is 21.3. The Hall–Kier alpha value is -11.9. The number of phenols is 3. The number of fused-ring (bicyclic) bond motifs is 15. The number of aromatic nitrogens is 1. The van der Waals surface area contributed by atoms with Crippen LogP contribution in [0.1, 0.15) is 121 Å². The highest BCUT2D eigenvalue weighted by molar-refractivity contribution is 6.35. The number of pyridine rings is 1. The molecule has 8 heterocycles. The van der Waals surface area contributed by atoms with Crippen LogP contribution < -0.4 is 78.6 Å². The number of primary amides is 1. The number of phenolic OH excluding ortho intramolecular Hbond substituents is 3. The van der Waals surface area contributed by atoms with E-state index in [1.807, 2.05) is 5.48 Å². The highest BCUT2D eigenvalue weighted by atomic mass is 35.5. The molecule has 44 heteroatoms. The average molecular weight is 1830 g/mol. The second-order valence-corrected chi connectivity index (χ2v) is 32.4. The summed E-state index contributed by atoms with van der Waals surface area (Å²) in [5.41, 5.74) is 4.01. The summed E-state index contributed by atoms with van der Waals surface area (Å²) in [5.74, 6) is -18.0. The Morgan fingerprint density at radius 3 is 1.99 bits per heavy atom. The first kappa shape index (κ1) is 93.3. The van der Waals surface area contributed by atoms with Crippen molar-refractivity contribution in [1.82, 2.24) is 58.3 Å². The van der Waals surface area contributed by atoms with E-state index in [1.165, 1.54) is 69.0 Å². The number of aromatic hydroxyl groups is 3. The molecule has 2 saturated heterocycles. The number of anilines is 1. The van der Waals surface area contributed by atoms with Gasteiger partial charge in [-0.25, -0.2) is 5.48 Å². The molecule has 668 valence electrons. The number of carbonyl (C=O) groups is 10. The van der Waals surface area contributed by atoms with Crippen LogP contribution in [-0.4, -0.2) is 209 Å². The Morgan fingerprint density at radius 1 is 0.714 bits per heavy atom. The number of likely N-dealkylation sites (N-methyl/N-ethyl adjacent to an activating group) is 1. The maximum Gasteiger partial charge on any atom is 0.270 e. The van der Waals surface area contributed by atoms with Gasteiger partial charge in [0, 0.05) is 63.8 Å². The minimum atomic E-state index is -2.43. The van der Waals surface area contributed by atoms with E-state index >= 15 is 24.0 Å². The number of nitriles is 1. The Labute approximate surface area is 735 Å². The topological polar surface area (TPSA) is 612 Å². The lowest BCUT2D eigenvalue weighted by molar-refractivity contribution is -0.334. The lowest BCUT2D eigenvalue weighted by Gasteiger charge is -2.48. The number of benzene rings is 6. The van der Waals surface area contributed by atoms with Crippen LogP contribution in [0.3, 0.4) is 0 Å². The second kappa shape index (κ2) is 39.8. The van der Waals surface area contributed by atoms with Crippen LogP contribution in [-0.2, 0) is 68.7 Å². The van der Waals surface area contributed by atoms with Crippen LogP contribution in [0.15, 0.2) is 116 Å². The van der Waals surface area contributed by atoms with Gasteiger partial charge in [-0.3, -0.25) is 63.1 Å². The fourth-order valence-electron chi connectivity index (χ4n) is 14.8. The van der Waals surface area contributed by atoms with Gasteiger partial charge in [0.05, 0.1) is 46.9 Å². The van der Waals surface area contributed by atoms with E-state index in [2.05, 4.69) is 52.8 Å². The van der Waals surface area contributed by atoms with Crippen LogP contribution >= 0.6 is 46.4 Å². The van der Waals surface area contributed by atoms with Crippen molar-refractivity contribution in [2.75, 3.05) is 25.6 Å². The Bertz CT molecular complexity index is 5420. The molecule has 0 saturated carbocycles. The first-order valence-electron chi connectivity index (χ1n) is 38.8. The van der Waals surface area contributed by atoms with E-state index in [0.717, 1.165) is 66.7 Å². The van der Waals surface area contributed by atoms with Gasteiger partial charge < -0.3 is 128 Å². The number of halogens is 4. The zero-order valence-corrected chi connectivity index (χ0v) is 70.1. The van der Waals surface area contributed by atoms with Crippen LogP contribution in [0.2, 0.25) is 20.1 Å². The van der Waals surface area contributed by atoms with Crippen LogP contribution in [0, 0.1) is 17.4 Å². The summed E-state index contributed by atoms with van der Waals surface area (Å²) in [5, 5.41) is 141. The molecule has 7 aliphatic heterocycles. The molecule has 0 spiro atoms. The largest absolute Gasteiger partial charge is 0.508 e. The predicted octanol–water partition coefficient (Wildman–Crippen LogP) is 2.45. The molecule has 22 N–H and O–H groups in total. The first-order chi connectivity index (χ1) is 59.8. The molecule has 7 aromatic rings. The Morgan fingerprint density at radius 2 is 1.36 bits per heavy atom. The highest BCUT2D eigenvalue weighted by Gasteiger charge is 2.52. The van der Waals surface area contributed by atoms with Gasteiger partial charge in [-0.05, 0) is 145 Å². The molecule has 14 rings (SSSR count). The molecule has 2 fully saturated rings. The number of nitrogens with one attached hydrogen (secondary N) is 11. The van der Waals surface area contributed by atoms with E-state index in [1.54, 1.807) is 26.1 Å². The standard InChI is InChI=1S/C82H86Cl4N14O26/c1-32(2)12-48(89-5)74(113)98-64-66(107)36-7-10-52(46(85)15-36)122-54-17-38-18-55(70(54)126-81-71(69(110)68(109)56(29-101)124-81)125-59-25-82(4,72(111)33(3)121-59)92-27-34-13-39(28-90-26-34)73(112)93-42-20-40(83)19-41(84)21-42)123-53-11-8-37(16-47(53)86)67(108)65-79(118)97-63(80(119)100-120-30-58(106)91-31-87)45-22-43(102)23-51(104)60(45)44-14-35(6-9-50(44)103)61(76(115)99-65)96-77(116)62(38)95-75(114)49(24-57(88)105)94-78(64)117/h6-11,13-23,26,28,32-33,48-49,56,59,61-69,71-72,81,89,92,101-104,107-111H,12,24-25,27,29-30H2,1-5H3,(H2,88,105)(H,91,106)(H,93,112)(H,94,117)(H,95,114)(H,96,116)(H,97,118)(H,98,113)(H,99,115)(H,100,119)/t33-,48+,49-,56+,59-,61+,62+,63+,64+,65-,66+,67+,68+,69-,71+,72+,81-,82-/m0/s1. The number of nitrogens with zero attached hydrogens (tertiary/aromatic N) is 2. The van der Waals surface area contributed by atoms with Crippen LogP contribution in [0.5, 0.6) is 46.0 Å². The monoisotopic (exact) mass is 1820 g/mol. The molecule has 40 nitrogen and oxygen atoms in total. The van der Waals surface area contributed by atoms with Crippen molar-refractivity contribution in [3.8, 4) is 63.3 Å². The van der Waals surface area contributed by atoms with Crippen LogP contribution in [0.4, 0.5) is 5.69 Å². The predicted molar refractivity (Wildman–Crippen MR) is 441 cm³/mol. The van der Waals surface area contributed by atoms with Crippen molar-refractivity contribution in [2.45, 2.75) is 163 Å². The lowest BCUT2D eigenvalue weighted by atomic mass is 9.84. The number of rotatable bonds is 21. The van der Waals surface area contributed by atoms with E-state index in [-0.39, 0.29) is 52.0 Å². The number of carbonyl (C=O) groups excluding carboxylic acids is 10. The molecular weight excluding hydrogens is 1740 g/mol. The SMILES string of the molecule is CN[C@H](CC(C)C)C(=O)N[C@H]1C(=O)N[C@@H](CC(N)=O)C(=O)N[C@H]2C(=O)N[C@H]3C(=O)N[C@H](C(=O)N[C@@H](C(=O)NOCC(=O)NC#N)c4cc(O)cc(O)c4-c4cc3ccc4O)[C@H](O)c3ccc(c(Cl)c3)Oc3cc2cc(c3O[C@@H]2O[C@H](CO)[C@@H](O)[C@H](O)[C@H]2O[C@H]2C[C@](C)(NCc3cncc(C(=O)Nc4cc(Cl)cc(Cl)c4)c3)[C@H](O)[C@H](C)O2)Oc2ccc(cc2Cl)[C@H]1O. The zero-order valence-electron chi connectivity index (χ0n) is 67.1. The average Bonchev–Trinajstić information content (AvgIpc) is 0.764. The molecule has 126 heavy (non-hydrogen) atoms. The number of hydrogen-bond donors (Lipinski definition) is 21. The number of aliphatic hydroxyl groups is 6. The van der Waals surface area contributed by atoms with Gasteiger partial charge in [0.15, 0.2) is 36.7 Å². The molecule has 10 amide bonds. The van der Waals surface area contributed by atoms with Crippen molar-refractivity contribution in [3.05, 3.63) is 175 Å². The molecule has 1 aromatic heterocycles. The number of hydroxylamine groups is 1. The minimum absolute atomic E-state index is 0.0621. The normalized spacial score (nSPS) is 25.7. The molecule has 18 atom stereocenters. The number of hydrogen-bond acceptors (Lipinski definition) is 30. The van der Waals surface area contributed by atoms with Crippen molar-refractivity contribution < 1.29 is 127 Å². The Balaban J connectivity index is 1.03. The quantitative estimate of drug-likeness (QED) is 0.0279. The maximum atomic E-state index is 16.4. The third-order valence-electron chi connectivity index (χ3n) is 21.2. The number of amides is 10. The summed E-state index contributed by atoms with van der Waals surface area (Å²) in [4.78, 5) is 155. The summed E-state index contributed by atoms with van der Waals surface area (Å²) < 4.78 is 39.5. The fourth-order valence-corrected chi connectivity index (χ4v) is 15.8. The van der Waals surface area contributed by atoms with Crippen molar-refractivity contribution >= 4 is 111 Å². The van der Waals surface area contributed by atoms with Gasteiger partial charge in [0.1, 0.15) is 95.5 Å². The van der Waals surface area contributed by atoms with E-state index < -0.39 is 272 Å². The van der Waals surface area contributed by atoms with Gasteiger partial charge in [0.2, 0.25) is 53.4 Å². The van der Waals surface area contributed by atoms with Crippen molar-refractivity contribution in [1.29, 1.82) is 5.26 Å². The van der Waals surface area contributed by atoms with Gasteiger partial charge in [-0.1, -0.05) is 78.5 Å². The molecular formula is C82H86Cl4N14O26. The van der Waals surface area contributed by atoms with Crippen LogP contribution in [0.25, 0.3) is 11.1 Å². The molecule has 11 bridgehead atoms. The van der Waals surface area contributed by atoms with Crippen molar-refractivity contribution in [3.63, 3.8) is 0 Å². The van der Waals surface area contributed by atoms with E-state index in [4.69, 9.17) is 90.7 Å². The summed E-state index contributed by atoms with van der Waals surface area (Å²) in [7, 11) is 1.46. The number of ether oxygens (including phenoxy) is 6. The second-order valence-electron chi connectivity index (χ2n) is 30.8. The molecule has 0 unspecified atom stereocenters. The summed E-state index contributed by atoms with van der Waals surface area (Å²) in [6.07, 6.45) is -15.6. The molecule has 0 aliphatic carbocycles. The summed E-state index contributed by atoms with van der Waals surface area (Å²) >= 11 is 26.7. The summed E-state index contributed by atoms with van der Waals surface area (Å²) in [6, 6.07) is 4.62. The smallest absolute Gasteiger partial charge is 0.270 e. The number of aliphatic hydroxyl groups excluding tert-OH is 6. The van der Waals surface area contributed by atoms with Gasteiger partial charge in [-0.2, -0.15) is 5.26 Å². The highest BCUT2D eigenvalue weighted by Crippen LogP contribution is 2.50. The summed E-state index contributed by atoms with van der Waals surface area (Å²) in [6.45, 7) is 4.60. The first-order valence-corrected chi connectivity index (χ1v) is 40.3. The van der Waals surface area contributed by atoms with E-state index in [0.29, 0.717) is 11.3 Å². The van der Waals surface area contributed by atoms with Gasteiger partial charge in [0.25, 0.3) is 17.7 Å². The van der Waals surface area contributed by atoms with Gasteiger partial charge >= 0.3 is 0 Å². The Kier molecular flexibility index (Phi) is 29.4. The molecule has 0 radical (unpaired) electrons.